The van der Waals surface area contributed by atoms with Gasteiger partial charge < -0.3 is 13.9 Å². The molecule has 0 bridgehead atoms. The zero-order valence-corrected chi connectivity index (χ0v) is 16.7. The van der Waals surface area contributed by atoms with E-state index in [0.29, 0.717) is 6.54 Å². The Balaban J connectivity index is 1.23. The number of ether oxygens (including phenoxy) is 1. The first-order chi connectivity index (χ1) is 14.2. The van der Waals surface area contributed by atoms with Crippen molar-refractivity contribution in [1.29, 1.82) is 0 Å². The van der Waals surface area contributed by atoms with E-state index < -0.39 is 0 Å². The molecule has 4 heterocycles. The van der Waals surface area contributed by atoms with Gasteiger partial charge in [-0.3, -0.25) is 9.69 Å². The Hall–Kier alpha value is -2.74. The zero-order valence-electron chi connectivity index (χ0n) is 16.7. The first kappa shape index (κ1) is 18.3. The molecule has 2 aliphatic heterocycles. The first-order valence-corrected chi connectivity index (χ1v) is 10.4. The third-order valence-electron chi connectivity index (χ3n) is 6.47. The maximum atomic E-state index is 12.8. The third kappa shape index (κ3) is 3.31. The van der Waals surface area contributed by atoms with Gasteiger partial charge in [-0.25, -0.2) is 4.98 Å². The molecule has 2 aromatic heterocycles. The predicted molar refractivity (Wildman–Crippen MR) is 107 cm³/mol. The van der Waals surface area contributed by atoms with Gasteiger partial charge in [0.1, 0.15) is 18.3 Å². The minimum absolute atomic E-state index is 0.0247. The third-order valence-corrected chi connectivity index (χ3v) is 6.47. The second kappa shape index (κ2) is 7.26. The van der Waals surface area contributed by atoms with Crippen LogP contribution in [-0.2, 0) is 29.2 Å². The fraction of sp³-hybridized carbons (Fsp3) is 0.524. The van der Waals surface area contributed by atoms with Crippen molar-refractivity contribution in [2.75, 3.05) is 13.1 Å². The molecule has 2 aliphatic rings. The number of esters is 1. The van der Waals surface area contributed by atoms with Crippen LogP contribution in [0.15, 0.2) is 36.9 Å². The number of para-hydroxylation sites is 2. The summed E-state index contributed by atoms with van der Waals surface area (Å²) >= 11 is 0. The van der Waals surface area contributed by atoms with Gasteiger partial charge in [0.15, 0.2) is 0 Å². The summed E-state index contributed by atoms with van der Waals surface area (Å²) in [4.78, 5) is 19.6. The largest absolute Gasteiger partial charge is 0.460 e. The molecule has 3 aromatic rings. The molecule has 1 unspecified atom stereocenters. The van der Waals surface area contributed by atoms with Crippen LogP contribution in [0.4, 0.5) is 0 Å². The number of aromatic nitrogens is 5. The number of hydrogen-bond donors (Lipinski definition) is 0. The van der Waals surface area contributed by atoms with Gasteiger partial charge >= 0.3 is 5.97 Å². The quantitative estimate of drug-likeness (QED) is 0.618. The van der Waals surface area contributed by atoms with Gasteiger partial charge in [-0.15, -0.1) is 10.2 Å². The number of rotatable bonds is 5. The number of nitrogens with zero attached hydrogens (tertiary/aromatic N) is 6. The molecule has 5 rings (SSSR count). The minimum Gasteiger partial charge on any atom is -0.460 e. The predicted octanol–water partition coefficient (Wildman–Crippen LogP) is 2.25. The maximum absolute atomic E-state index is 12.8. The maximum Gasteiger partial charge on any atom is 0.312 e. The lowest BCUT2D eigenvalue weighted by atomic mass is 9.76. The van der Waals surface area contributed by atoms with Gasteiger partial charge in [-0.2, -0.15) is 0 Å². The van der Waals surface area contributed by atoms with Crippen molar-refractivity contribution in [3.05, 3.63) is 42.7 Å². The average molecular weight is 394 g/mol. The number of carbonyl (C=O) groups excluding carboxylic acids is 1. The molecule has 0 radical (unpaired) electrons. The van der Waals surface area contributed by atoms with Crippen LogP contribution < -0.4 is 0 Å². The summed E-state index contributed by atoms with van der Waals surface area (Å²) in [6.07, 6.45) is 6.00. The number of imidazole rings is 1. The van der Waals surface area contributed by atoms with Crippen LogP contribution in [0.2, 0.25) is 0 Å². The number of likely N-dealkylation sites (tertiary alicyclic amines) is 1. The van der Waals surface area contributed by atoms with E-state index in [2.05, 4.69) is 42.2 Å². The van der Waals surface area contributed by atoms with Gasteiger partial charge in [0.05, 0.1) is 35.9 Å². The van der Waals surface area contributed by atoms with E-state index in [1.54, 1.807) is 6.33 Å². The number of benzene rings is 1. The van der Waals surface area contributed by atoms with Crippen LogP contribution in [0.3, 0.4) is 0 Å². The van der Waals surface area contributed by atoms with Crippen molar-refractivity contribution < 1.29 is 9.53 Å². The molecular formula is C21H26N6O2. The Morgan fingerprint density at radius 1 is 1.17 bits per heavy atom. The monoisotopic (exact) mass is 394 g/mol. The van der Waals surface area contributed by atoms with Crippen molar-refractivity contribution in [2.45, 2.75) is 51.9 Å². The molecule has 2 fully saturated rings. The Bertz CT molecular complexity index is 1020. The fourth-order valence-corrected chi connectivity index (χ4v) is 4.73. The lowest BCUT2D eigenvalue weighted by molar-refractivity contribution is -0.151. The second-order valence-corrected chi connectivity index (χ2v) is 8.21. The molecule has 1 atom stereocenters. The fourth-order valence-electron chi connectivity index (χ4n) is 4.73. The van der Waals surface area contributed by atoms with Crippen LogP contribution in [0.1, 0.15) is 32.0 Å². The molecule has 1 spiro atoms. The smallest absolute Gasteiger partial charge is 0.312 e. The van der Waals surface area contributed by atoms with Crippen molar-refractivity contribution in [3.8, 4) is 0 Å². The van der Waals surface area contributed by atoms with Crippen LogP contribution in [-0.4, -0.2) is 54.4 Å². The standard InChI is InChI=1S/C21H26N6O2/c1-2-26-15-23-24-19(26)13-25-9-7-21(8-10-25)11-16(29-20(21)28)12-27-14-22-17-5-3-4-6-18(17)27/h3-6,14-16H,2,7-13H2,1H3. The molecule has 2 saturated heterocycles. The molecular weight excluding hydrogens is 368 g/mol. The topological polar surface area (TPSA) is 78.1 Å². The molecule has 0 amide bonds. The Morgan fingerprint density at radius 2 is 2.00 bits per heavy atom. The Labute approximate surface area is 169 Å². The SMILES string of the molecule is CCn1cnnc1CN1CCC2(CC1)CC(Cn1cnc3ccccc31)OC2=O. The number of piperidine rings is 1. The normalized spacial score (nSPS) is 21.8. The average Bonchev–Trinajstić information content (AvgIpc) is 3.43. The van der Waals surface area contributed by atoms with Crippen molar-refractivity contribution in [3.63, 3.8) is 0 Å². The summed E-state index contributed by atoms with van der Waals surface area (Å²) in [6, 6.07) is 8.06. The number of carbonyl (C=O) groups is 1. The highest BCUT2D eigenvalue weighted by Gasteiger charge is 2.50. The van der Waals surface area contributed by atoms with Crippen molar-refractivity contribution >= 4 is 17.0 Å². The van der Waals surface area contributed by atoms with Gasteiger partial charge in [0.25, 0.3) is 0 Å². The van der Waals surface area contributed by atoms with Gasteiger partial charge in [-0.1, -0.05) is 12.1 Å². The highest BCUT2D eigenvalue weighted by Crippen LogP contribution is 2.43. The van der Waals surface area contributed by atoms with Crippen LogP contribution in [0.5, 0.6) is 0 Å². The number of hydrogen-bond acceptors (Lipinski definition) is 6. The summed E-state index contributed by atoms with van der Waals surface area (Å²) in [5.41, 5.74) is 1.72. The van der Waals surface area contributed by atoms with Crippen molar-refractivity contribution in [2.24, 2.45) is 5.41 Å². The first-order valence-electron chi connectivity index (χ1n) is 10.4. The van der Waals surface area contributed by atoms with E-state index in [4.69, 9.17) is 4.74 Å². The van der Waals surface area contributed by atoms with E-state index >= 15 is 0 Å². The summed E-state index contributed by atoms with van der Waals surface area (Å²) in [5, 5.41) is 8.25. The minimum atomic E-state index is -0.337. The lowest BCUT2D eigenvalue weighted by Crippen LogP contribution is -2.42. The summed E-state index contributed by atoms with van der Waals surface area (Å²) in [5.74, 6) is 0.964. The number of aryl methyl sites for hydroxylation is 1. The molecule has 8 heteroatoms. The molecule has 8 nitrogen and oxygen atoms in total. The highest BCUT2D eigenvalue weighted by molar-refractivity contribution is 5.79. The van der Waals surface area contributed by atoms with Crippen LogP contribution in [0, 0.1) is 5.41 Å². The van der Waals surface area contributed by atoms with Gasteiger partial charge in [-0.05, 0) is 45.0 Å². The van der Waals surface area contributed by atoms with E-state index in [9.17, 15) is 4.79 Å². The number of fused-ring (bicyclic) bond motifs is 1. The highest BCUT2D eigenvalue weighted by atomic mass is 16.6. The van der Waals surface area contributed by atoms with Gasteiger partial charge in [0.2, 0.25) is 0 Å². The Kier molecular flexibility index (Phi) is 4.58. The molecule has 1 aromatic carbocycles. The van der Waals surface area contributed by atoms with Crippen LogP contribution in [0.25, 0.3) is 11.0 Å². The molecule has 0 N–H and O–H groups in total. The Morgan fingerprint density at radius 3 is 2.83 bits per heavy atom. The van der Waals surface area contributed by atoms with Crippen molar-refractivity contribution in [1.82, 2.24) is 29.2 Å². The summed E-state index contributed by atoms with van der Waals surface area (Å²) < 4.78 is 9.99. The second-order valence-electron chi connectivity index (χ2n) is 8.21. The van der Waals surface area contributed by atoms with E-state index in [1.807, 2.05) is 24.5 Å². The van der Waals surface area contributed by atoms with E-state index in [0.717, 1.165) is 62.3 Å². The van der Waals surface area contributed by atoms with Crippen LogP contribution >= 0.6 is 0 Å². The molecule has 0 saturated carbocycles. The summed E-state index contributed by atoms with van der Waals surface area (Å²) in [7, 11) is 0. The molecule has 152 valence electrons. The van der Waals surface area contributed by atoms with E-state index in [-0.39, 0.29) is 17.5 Å². The lowest BCUT2D eigenvalue weighted by Gasteiger charge is -2.36. The number of cyclic esters (lactones) is 1. The molecule has 29 heavy (non-hydrogen) atoms. The zero-order chi connectivity index (χ0) is 19.8. The molecule has 0 aliphatic carbocycles. The van der Waals surface area contributed by atoms with Gasteiger partial charge in [0, 0.05) is 13.0 Å². The summed E-state index contributed by atoms with van der Waals surface area (Å²) in [6.45, 7) is 6.17. The van der Waals surface area contributed by atoms with E-state index in [1.165, 1.54) is 0 Å².